The third-order valence-corrected chi connectivity index (χ3v) is 5.26. The molecule has 0 unspecified atom stereocenters. The zero-order valence-corrected chi connectivity index (χ0v) is 17.4. The van der Waals surface area contributed by atoms with Gasteiger partial charge in [0.1, 0.15) is 0 Å². The van der Waals surface area contributed by atoms with Crippen molar-refractivity contribution in [2.45, 2.75) is 27.2 Å². The van der Waals surface area contributed by atoms with E-state index >= 15 is 0 Å². The van der Waals surface area contributed by atoms with Gasteiger partial charge in [-0.05, 0) is 19.4 Å². The third kappa shape index (κ3) is 4.43. The number of carbonyl (C=O) groups excluding carboxylic acids is 3. The predicted molar refractivity (Wildman–Crippen MR) is 111 cm³/mol. The van der Waals surface area contributed by atoms with Crippen molar-refractivity contribution in [2.24, 2.45) is 0 Å². The van der Waals surface area contributed by atoms with Gasteiger partial charge in [-0.1, -0.05) is 29.8 Å². The van der Waals surface area contributed by atoms with E-state index in [-0.39, 0.29) is 23.7 Å². The Hall–Kier alpha value is -3.26. The molecular weight excluding hydrogens is 390 g/mol. The van der Waals surface area contributed by atoms with E-state index in [2.05, 4.69) is 15.3 Å². The van der Waals surface area contributed by atoms with Gasteiger partial charge in [-0.25, -0.2) is 9.78 Å². The summed E-state index contributed by atoms with van der Waals surface area (Å²) in [5.74, 6) is -1.16. The van der Waals surface area contributed by atoms with Crippen LogP contribution in [-0.4, -0.2) is 34.7 Å². The molecule has 0 bridgehead atoms. The number of aryl methyl sites for hydroxylation is 1. The number of H-pyrrole nitrogens is 1. The van der Waals surface area contributed by atoms with Gasteiger partial charge in [-0.2, -0.15) is 0 Å². The summed E-state index contributed by atoms with van der Waals surface area (Å²) in [4.78, 5) is 43.8. The number of hydrogen-bond donors (Lipinski definition) is 2. The number of nitrogens with zero attached hydrogens (tertiary/aromatic N) is 1. The zero-order valence-electron chi connectivity index (χ0n) is 16.6. The van der Waals surface area contributed by atoms with E-state index in [1.54, 1.807) is 6.92 Å². The SMILES string of the molecule is COC(=O)c1c(CC(=O)Nc2nc(-c3ccc(C)cc3)cs2)[nH]c(C(C)=O)c1C. The Labute approximate surface area is 172 Å². The van der Waals surface area contributed by atoms with Crippen molar-refractivity contribution in [1.29, 1.82) is 0 Å². The summed E-state index contributed by atoms with van der Waals surface area (Å²) < 4.78 is 4.80. The second-order valence-corrected chi connectivity index (χ2v) is 7.51. The minimum Gasteiger partial charge on any atom is -0.465 e. The fourth-order valence-corrected chi connectivity index (χ4v) is 3.77. The number of Topliss-reactive ketones (excluding diaryl/α,β-unsaturated/α-hetero) is 1. The van der Waals surface area contributed by atoms with Gasteiger partial charge in [0.2, 0.25) is 5.91 Å². The number of thiazole rings is 1. The van der Waals surface area contributed by atoms with Crippen molar-refractivity contribution in [2.75, 3.05) is 12.4 Å². The Morgan fingerprint density at radius 1 is 1.17 bits per heavy atom. The number of hydrogen-bond acceptors (Lipinski definition) is 6. The second kappa shape index (κ2) is 8.40. The van der Waals surface area contributed by atoms with Crippen LogP contribution in [0, 0.1) is 13.8 Å². The van der Waals surface area contributed by atoms with Crippen molar-refractivity contribution < 1.29 is 19.1 Å². The van der Waals surface area contributed by atoms with Gasteiger partial charge in [0.15, 0.2) is 10.9 Å². The van der Waals surface area contributed by atoms with Crippen LogP contribution >= 0.6 is 11.3 Å². The summed E-state index contributed by atoms with van der Waals surface area (Å²) >= 11 is 1.32. The lowest BCUT2D eigenvalue weighted by Crippen LogP contribution is -2.17. The molecule has 2 N–H and O–H groups in total. The highest BCUT2D eigenvalue weighted by molar-refractivity contribution is 7.14. The molecule has 29 heavy (non-hydrogen) atoms. The summed E-state index contributed by atoms with van der Waals surface area (Å²) in [5, 5.41) is 5.07. The normalized spacial score (nSPS) is 10.6. The van der Waals surface area contributed by atoms with Crippen molar-refractivity contribution in [3.8, 4) is 11.3 Å². The molecular formula is C21H21N3O4S. The number of aromatic nitrogens is 2. The number of carbonyl (C=O) groups is 3. The first-order chi connectivity index (χ1) is 13.8. The number of nitrogens with one attached hydrogen (secondary N) is 2. The van der Waals surface area contributed by atoms with Gasteiger partial charge < -0.3 is 15.0 Å². The Kier molecular flexibility index (Phi) is 5.93. The molecule has 8 heteroatoms. The Bertz CT molecular complexity index is 1080. The number of aromatic amines is 1. The van der Waals surface area contributed by atoms with Crippen molar-refractivity contribution in [3.05, 3.63) is 57.7 Å². The molecule has 0 aliphatic carbocycles. The lowest BCUT2D eigenvalue weighted by molar-refractivity contribution is -0.115. The highest BCUT2D eigenvalue weighted by Gasteiger charge is 2.24. The van der Waals surface area contributed by atoms with Crippen LogP contribution in [0.15, 0.2) is 29.6 Å². The van der Waals surface area contributed by atoms with E-state index in [1.165, 1.54) is 25.4 Å². The summed E-state index contributed by atoms with van der Waals surface area (Å²) in [6.45, 7) is 5.06. The highest BCUT2D eigenvalue weighted by atomic mass is 32.1. The lowest BCUT2D eigenvalue weighted by atomic mass is 10.1. The number of esters is 1. The molecule has 2 aromatic heterocycles. The first-order valence-electron chi connectivity index (χ1n) is 8.93. The smallest absolute Gasteiger partial charge is 0.339 e. The van der Waals surface area contributed by atoms with Crippen molar-refractivity contribution in [1.82, 2.24) is 9.97 Å². The topological polar surface area (TPSA) is 101 Å². The number of benzene rings is 1. The molecule has 0 radical (unpaired) electrons. The molecule has 0 aliphatic heterocycles. The molecule has 0 fully saturated rings. The van der Waals surface area contributed by atoms with E-state index < -0.39 is 5.97 Å². The second-order valence-electron chi connectivity index (χ2n) is 6.66. The van der Waals surface area contributed by atoms with Crippen LogP contribution in [0.2, 0.25) is 0 Å². The van der Waals surface area contributed by atoms with E-state index in [4.69, 9.17) is 4.74 Å². The molecule has 0 aliphatic rings. The quantitative estimate of drug-likeness (QED) is 0.473. The molecule has 7 nitrogen and oxygen atoms in total. The van der Waals surface area contributed by atoms with Gasteiger partial charge in [0, 0.05) is 23.6 Å². The molecule has 2 heterocycles. The van der Waals surface area contributed by atoms with Crippen LogP contribution in [-0.2, 0) is 16.0 Å². The fraction of sp³-hybridized carbons (Fsp3) is 0.238. The van der Waals surface area contributed by atoms with Gasteiger partial charge >= 0.3 is 5.97 Å². The van der Waals surface area contributed by atoms with E-state index in [0.29, 0.717) is 22.1 Å². The molecule has 0 saturated heterocycles. The van der Waals surface area contributed by atoms with Crippen molar-refractivity contribution >= 4 is 34.1 Å². The minimum absolute atomic E-state index is 0.113. The monoisotopic (exact) mass is 411 g/mol. The van der Waals surface area contributed by atoms with E-state index in [9.17, 15) is 14.4 Å². The third-order valence-electron chi connectivity index (χ3n) is 4.50. The Balaban J connectivity index is 1.78. The number of anilines is 1. The fourth-order valence-electron chi connectivity index (χ4n) is 3.03. The molecule has 0 saturated carbocycles. The average Bonchev–Trinajstić information content (AvgIpc) is 3.26. The van der Waals surface area contributed by atoms with Crippen molar-refractivity contribution in [3.63, 3.8) is 0 Å². The molecule has 3 rings (SSSR count). The number of ketones is 1. The molecule has 0 atom stereocenters. The van der Waals surface area contributed by atoms with Gasteiger partial charge in [-0.15, -0.1) is 11.3 Å². The van der Waals surface area contributed by atoms with Crippen LogP contribution in [0.3, 0.4) is 0 Å². The molecule has 150 valence electrons. The minimum atomic E-state index is -0.593. The van der Waals surface area contributed by atoms with Gasteiger partial charge in [0.05, 0.1) is 30.5 Å². The maximum atomic E-state index is 12.5. The van der Waals surface area contributed by atoms with Gasteiger partial charge in [-0.3, -0.25) is 9.59 Å². The summed E-state index contributed by atoms with van der Waals surface area (Å²) in [6, 6.07) is 7.95. The van der Waals surface area contributed by atoms with E-state index in [1.807, 2.05) is 36.6 Å². The summed E-state index contributed by atoms with van der Waals surface area (Å²) in [5.41, 5.74) is 4.22. The molecule has 3 aromatic rings. The standard InChI is InChI=1S/C21H21N3O4S/c1-11-5-7-14(8-6-11)16-10-29-21(23-16)24-17(26)9-15-18(20(27)28-4)12(2)19(22-15)13(3)25/h5-8,10,22H,9H2,1-4H3,(H,23,24,26). The van der Waals surface area contributed by atoms with Crippen LogP contribution < -0.4 is 5.32 Å². The predicted octanol–water partition coefficient (Wildman–Crippen LogP) is 3.93. The number of amides is 1. The summed E-state index contributed by atoms with van der Waals surface area (Å²) in [7, 11) is 1.26. The molecule has 1 amide bonds. The first kappa shape index (κ1) is 20.5. The first-order valence-corrected chi connectivity index (χ1v) is 9.81. The van der Waals surface area contributed by atoms with E-state index in [0.717, 1.165) is 16.8 Å². The van der Waals surface area contributed by atoms with Crippen LogP contribution in [0.4, 0.5) is 5.13 Å². The van der Waals surface area contributed by atoms with Crippen LogP contribution in [0.1, 0.15) is 44.6 Å². The maximum absolute atomic E-state index is 12.5. The highest BCUT2D eigenvalue weighted by Crippen LogP contribution is 2.26. The Morgan fingerprint density at radius 2 is 1.86 bits per heavy atom. The number of rotatable bonds is 6. The number of ether oxygens (including phenoxy) is 1. The van der Waals surface area contributed by atoms with Crippen LogP contribution in [0.25, 0.3) is 11.3 Å². The average molecular weight is 411 g/mol. The molecule has 0 spiro atoms. The van der Waals surface area contributed by atoms with Crippen LogP contribution in [0.5, 0.6) is 0 Å². The zero-order chi connectivity index (χ0) is 21.1. The lowest BCUT2D eigenvalue weighted by Gasteiger charge is -2.04. The maximum Gasteiger partial charge on any atom is 0.339 e. The van der Waals surface area contributed by atoms with Gasteiger partial charge in [0.25, 0.3) is 0 Å². The Morgan fingerprint density at radius 3 is 2.48 bits per heavy atom. The molecule has 1 aromatic carbocycles. The largest absolute Gasteiger partial charge is 0.465 e. The number of methoxy groups -OCH3 is 1. The summed E-state index contributed by atoms with van der Waals surface area (Å²) in [6.07, 6.45) is -0.113.